The van der Waals surface area contributed by atoms with Crippen LogP contribution in [0.3, 0.4) is 0 Å². The lowest BCUT2D eigenvalue weighted by Gasteiger charge is -2.13. The largest absolute Gasteiger partial charge is 0.484 e. The lowest BCUT2D eigenvalue weighted by atomic mass is 10.2. The third-order valence-electron chi connectivity index (χ3n) is 5.02. The number of fused-ring (bicyclic) bond motifs is 1. The van der Waals surface area contributed by atoms with Crippen LogP contribution in [0.1, 0.15) is 24.7 Å². The van der Waals surface area contributed by atoms with Crippen molar-refractivity contribution in [1.82, 2.24) is 25.5 Å². The molecule has 3 N–H and O–H groups in total. The van der Waals surface area contributed by atoms with Gasteiger partial charge in [0.2, 0.25) is 0 Å². The summed E-state index contributed by atoms with van der Waals surface area (Å²) in [6.07, 6.45) is 0.949. The molecule has 0 aliphatic rings. The minimum Gasteiger partial charge on any atom is -0.484 e. The first-order valence-electron chi connectivity index (χ1n) is 11.0. The monoisotopic (exact) mass is 436 g/mol. The summed E-state index contributed by atoms with van der Waals surface area (Å²) in [5.41, 5.74) is 3.25. The highest BCUT2D eigenvalue weighted by Gasteiger charge is 2.07. The summed E-state index contributed by atoms with van der Waals surface area (Å²) in [6, 6.07) is 15.9. The number of aliphatic imine (C=N–C) groups is 1. The van der Waals surface area contributed by atoms with E-state index in [2.05, 4.69) is 36.6 Å². The summed E-state index contributed by atoms with van der Waals surface area (Å²) in [7, 11) is 1.76. The molecule has 3 rings (SSSR count). The van der Waals surface area contributed by atoms with E-state index in [4.69, 9.17) is 4.74 Å². The van der Waals surface area contributed by atoms with E-state index >= 15 is 0 Å². The average Bonchev–Trinajstić information content (AvgIpc) is 3.12. The number of imidazole rings is 1. The normalized spacial score (nSPS) is 11.4. The van der Waals surface area contributed by atoms with Crippen LogP contribution in [0.2, 0.25) is 0 Å². The maximum absolute atomic E-state index is 11.6. The number of hydrogen-bond acceptors (Lipinski definition) is 4. The smallest absolute Gasteiger partial charge is 0.257 e. The first kappa shape index (κ1) is 23.1. The number of carbonyl (C=O) groups is 1. The van der Waals surface area contributed by atoms with E-state index in [1.165, 1.54) is 5.52 Å². The third kappa shape index (κ3) is 6.47. The van der Waals surface area contributed by atoms with Gasteiger partial charge < -0.3 is 25.3 Å². The Morgan fingerprint density at radius 2 is 1.97 bits per heavy atom. The summed E-state index contributed by atoms with van der Waals surface area (Å²) in [6.45, 7) is 6.82. The van der Waals surface area contributed by atoms with Crippen molar-refractivity contribution in [2.24, 2.45) is 4.99 Å². The fourth-order valence-electron chi connectivity index (χ4n) is 3.47. The van der Waals surface area contributed by atoms with Gasteiger partial charge in [0.1, 0.15) is 11.6 Å². The summed E-state index contributed by atoms with van der Waals surface area (Å²) in [5, 5.41) is 9.39. The van der Waals surface area contributed by atoms with Crippen molar-refractivity contribution in [3.8, 4) is 5.75 Å². The van der Waals surface area contributed by atoms with Crippen LogP contribution in [0.25, 0.3) is 11.0 Å². The van der Waals surface area contributed by atoms with E-state index in [-0.39, 0.29) is 12.5 Å². The molecule has 2 aromatic carbocycles. The highest BCUT2D eigenvalue weighted by molar-refractivity contribution is 5.79. The molecule has 3 aromatic rings. The fraction of sp³-hybridized carbons (Fsp3) is 0.375. The molecule has 0 atom stereocenters. The zero-order valence-corrected chi connectivity index (χ0v) is 19.0. The Morgan fingerprint density at radius 3 is 2.78 bits per heavy atom. The van der Waals surface area contributed by atoms with Crippen molar-refractivity contribution >= 4 is 22.9 Å². The van der Waals surface area contributed by atoms with Gasteiger partial charge in [0, 0.05) is 33.2 Å². The highest BCUT2D eigenvalue weighted by atomic mass is 16.5. The number of benzene rings is 2. The molecule has 0 bridgehead atoms. The zero-order valence-electron chi connectivity index (χ0n) is 19.0. The van der Waals surface area contributed by atoms with Crippen LogP contribution in [0.4, 0.5) is 0 Å². The van der Waals surface area contributed by atoms with Crippen molar-refractivity contribution in [1.29, 1.82) is 0 Å². The van der Waals surface area contributed by atoms with E-state index in [0.717, 1.165) is 42.4 Å². The molecule has 8 heteroatoms. The molecule has 0 saturated carbocycles. The highest BCUT2D eigenvalue weighted by Crippen LogP contribution is 2.16. The molecule has 0 spiro atoms. The van der Waals surface area contributed by atoms with Crippen LogP contribution in [0.15, 0.2) is 53.5 Å². The molecule has 0 saturated heterocycles. The van der Waals surface area contributed by atoms with Gasteiger partial charge in [-0.25, -0.2) is 4.98 Å². The predicted molar refractivity (Wildman–Crippen MR) is 128 cm³/mol. The van der Waals surface area contributed by atoms with Crippen LogP contribution in [-0.4, -0.2) is 48.2 Å². The van der Waals surface area contributed by atoms with Gasteiger partial charge in [-0.05, 0) is 50.1 Å². The molecular weight excluding hydrogens is 404 g/mol. The predicted octanol–water partition coefficient (Wildman–Crippen LogP) is 2.61. The van der Waals surface area contributed by atoms with Crippen LogP contribution in [-0.2, 0) is 17.9 Å². The van der Waals surface area contributed by atoms with Gasteiger partial charge in [0.05, 0.1) is 11.0 Å². The standard InChI is InChI=1S/C24H32N6O2/c1-4-26-23(31)17-32-20-10-7-9-19(15-20)16-28-24(25-3)27-13-8-14-30-18(2)29-21-11-5-6-12-22(21)30/h5-7,9-12,15H,4,8,13-14,16-17H2,1-3H3,(H,26,31)(H2,25,27,28). The molecular formula is C24H32N6O2. The van der Waals surface area contributed by atoms with E-state index < -0.39 is 0 Å². The summed E-state index contributed by atoms with van der Waals surface area (Å²) >= 11 is 0. The molecule has 0 fully saturated rings. The van der Waals surface area contributed by atoms with Crippen molar-refractivity contribution in [3.63, 3.8) is 0 Å². The van der Waals surface area contributed by atoms with Crippen LogP contribution in [0, 0.1) is 6.92 Å². The van der Waals surface area contributed by atoms with E-state index in [1.807, 2.05) is 56.3 Å². The van der Waals surface area contributed by atoms with Gasteiger partial charge in [0.25, 0.3) is 5.91 Å². The van der Waals surface area contributed by atoms with Gasteiger partial charge in [-0.1, -0.05) is 24.3 Å². The number of rotatable bonds is 10. The number of nitrogens with zero attached hydrogens (tertiary/aromatic N) is 3. The molecule has 0 radical (unpaired) electrons. The minimum absolute atomic E-state index is 0.0135. The third-order valence-corrected chi connectivity index (χ3v) is 5.02. The maximum Gasteiger partial charge on any atom is 0.257 e. The fourth-order valence-corrected chi connectivity index (χ4v) is 3.47. The van der Waals surface area contributed by atoms with Crippen molar-refractivity contribution < 1.29 is 9.53 Å². The molecule has 0 unspecified atom stereocenters. The maximum atomic E-state index is 11.6. The molecule has 0 aliphatic carbocycles. The molecule has 1 aromatic heterocycles. The molecule has 170 valence electrons. The number of amides is 1. The Morgan fingerprint density at radius 1 is 1.12 bits per heavy atom. The molecule has 0 aliphatic heterocycles. The second-order valence-electron chi connectivity index (χ2n) is 7.40. The topological polar surface area (TPSA) is 92.6 Å². The number of aryl methyl sites for hydroxylation is 2. The molecule has 8 nitrogen and oxygen atoms in total. The number of guanidine groups is 1. The minimum atomic E-state index is -0.125. The number of ether oxygens (including phenoxy) is 1. The number of hydrogen-bond donors (Lipinski definition) is 3. The Labute approximate surface area is 189 Å². The van der Waals surface area contributed by atoms with E-state index in [1.54, 1.807) is 7.05 Å². The van der Waals surface area contributed by atoms with Crippen molar-refractivity contribution in [2.45, 2.75) is 33.4 Å². The first-order valence-corrected chi connectivity index (χ1v) is 11.0. The van der Waals surface area contributed by atoms with Crippen LogP contribution >= 0.6 is 0 Å². The second-order valence-corrected chi connectivity index (χ2v) is 7.40. The quantitative estimate of drug-likeness (QED) is 0.258. The van der Waals surface area contributed by atoms with Gasteiger partial charge in [-0.3, -0.25) is 9.79 Å². The molecule has 1 amide bonds. The number of nitrogens with one attached hydrogen (secondary N) is 3. The SMILES string of the molecule is CCNC(=O)COc1cccc(CNC(=NC)NCCCn2c(C)nc3ccccc32)c1. The number of aromatic nitrogens is 2. The zero-order chi connectivity index (χ0) is 22.8. The summed E-state index contributed by atoms with van der Waals surface area (Å²) < 4.78 is 7.81. The summed E-state index contributed by atoms with van der Waals surface area (Å²) in [4.78, 5) is 20.5. The number of likely N-dealkylation sites (N-methyl/N-ethyl adjacent to an activating group) is 1. The number of para-hydroxylation sites is 2. The molecule has 1 heterocycles. The van der Waals surface area contributed by atoms with Crippen molar-refractivity contribution in [3.05, 3.63) is 59.9 Å². The van der Waals surface area contributed by atoms with Gasteiger partial charge in [-0.15, -0.1) is 0 Å². The van der Waals surface area contributed by atoms with Gasteiger partial charge in [-0.2, -0.15) is 0 Å². The Hall–Kier alpha value is -3.55. The average molecular weight is 437 g/mol. The van der Waals surface area contributed by atoms with Gasteiger partial charge >= 0.3 is 0 Å². The first-order chi connectivity index (χ1) is 15.6. The second kappa shape index (κ2) is 11.7. The Kier molecular flexibility index (Phi) is 8.48. The lowest BCUT2D eigenvalue weighted by molar-refractivity contribution is -0.122. The van der Waals surface area contributed by atoms with E-state index in [9.17, 15) is 4.79 Å². The Balaban J connectivity index is 1.43. The van der Waals surface area contributed by atoms with E-state index in [0.29, 0.717) is 18.8 Å². The number of carbonyl (C=O) groups excluding carboxylic acids is 1. The lowest BCUT2D eigenvalue weighted by Crippen LogP contribution is -2.37. The summed E-state index contributed by atoms with van der Waals surface area (Å²) in [5.74, 6) is 2.31. The van der Waals surface area contributed by atoms with Crippen molar-refractivity contribution in [2.75, 3.05) is 26.7 Å². The Bertz CT molecular complexity index is 1060. The van der Waals surface area contributed by atoms with Gasteiger partial charge in [0.15, 0.2) is 12.6 Å². The van der Waals surface area contributed by atoms with Crippen LogP contribution < -0.4 is 20.7 Å². The van der Waals surface area contributed by atoms with Crippen LogP contribution in [0.5, 0.6) is 5.75 Å². The molecule has 32 heavy (non-hydrogen) atoms.